The second kappa shape index (κ2) is 7.91. The van der Waals surface area contributed by atoms with Gasteiger partial charge in [-0.1, -0.05) is 18.2 Å². The third-order valence-electron chi connectivity index (χ3n) is 2.79. The first-order valence-corrected chi connectivity index (χ1v) is 6.72. The van der Waals surface area contributed by atoms with Gasteiger partial charge < -0.3 is 9.64 Å². The van der Waals surface area contributed by atoms with Crippen molar-refractivity contribution < 1.29 is 9.53 Å². The molecule has 0 amide bonds. The minimum absolute atomic E-state index is 0.00973. The van der Waals surface area contributed by atoms with Gasteiger partial charge in [0.25, 0.3) is 0 Å². The summed E-state index contributed by atoms with van der Waals surface area (Å²) in [7, 11) is 3.97. The number of carbonyl (C=O) groups excluding carboxylic acids is 1. The molecule has 0 saturated carbocycles. The molecule has 0 heterocycles. The SMILES string of the molecule is CCOC(=O)/C(C#N)=C\C(C)=C\c1ccc(N(C)C)cc1. The average molecular weight is 284 g/mol. The molecule has 1 rings (SSSR count). The molecule has 0 N–H and O–H groups in total. The van der Waals surface area contributed by atoms with E-state index in [4.69, 9.17) is 10.00 Å². The van der Waals surface area contributed by atoms with Gasteiger partial charge >= 0.3 is 5.97 Å². The zero-order valence-corrected chi connectivity index (χ0v) is 12.9. The van der Waals surface area contributed by atoms with E-state index in [0.717, 1.165) is 16.8 Å². The first-order chi connectivity index (χ1) is 9.97. The summed E-state index contributed by atoms with van der Waals surface area (Å²) < 4.78 is 4.83. The summed E-state index contributed by atoms with van der Waals surface area (Å²) in [6.07, 6.45) is 3.45. The Kier molecular flexibility index (Phi) is 6.22. The number of anilines is 1. The van der Waals surface area contributed by atoms with E-state index in [-0.39, 0.29) is 12.2 Å². The summed E-state index contributed by atoms with van der Waals surface area (Å²) >= 11 is 0. The molecule has 0 aliphatic heterocycles. The zero-order valence-electron chi connectivity index (χ0n) is 12.9. The number of esters is 1. The number of nitriles is 1. The molecule has 1 aromatic carbocycles. The van der Waals surface area contributed by atoms with Gasteiger partial charge in [0.05, 0.1) is 6.61 Å². The second-order valence-corrected chi connectivity index (χ2v) is 4.76. The van der Waals surface area contributed by atoms with E-state index in [9.17, 15) is 4.79 Å². The van der Waals surface area contributed by atoms with Crippen molar-refractivity contribution in [3.63, 3.8) is 0 Å². The van der Waals surface area contributed by atoms with Gasteiger partial charge in [-0.3, -0.25) is 0 Å². The highest BCUT2D eigenvalue weighted by Crippen LogP contribution is 2.15. The molecule has 4 heteroatoms. The molecule has 1 aromatic rings. The van der Waals surface area contributed by atoms with Crippen molar-refractivity contribution in [3.05, 3.63) is 47.1 Å². The molecule has 4 nitrogen and oxygen atoms in total. The summed E-state index contributed by atoms with van der Waals surface area (Å²) in [5.74, 6) is -0.587. The molecule has 0 bridgehead atoms. The van der Waals surface area contributed by atoms with Crippen LogP contribution in [-0.4, -0.2) is 26.7 Å². The van der Waals surface area contributed by atoms with Crippen LogP contribution in [0.25, 0.3) is 6.08 Å². The number of rotatable bonds is 5. The number of hydrogen-bond acceptors (Lipinski definition) is 4. The lowest BCUT2D eigenvalue weighted by Gasteiger charge is -2.11. The first-order valence-electron chi connectivity index (χ1n) is 6.72. The Hall–Kier alpha value is -2.54. The number of ether oxygens (including phenoxy) is 1. The molecule has 0 saturated heterocycles. The lowest BCUT2D eigenvalue weighted by Crippen LogP contribution is -2.07. The van der Waals surface area contributed by atoms with Gasteiger partial charge in [-0.15, -0.1) is 0 Å². The standard InChI is InChI=1S/C17H20N2O2/c1-5-21-17(20)15(12-18)11-13(2)10-14-6-8-16(9-7-14)19(3)4/h6-11H,5H2,1-4H3/b13-10+,15-11-. The van der Waals surface area contributed by atoms with Crippen LogP contribution in [0.5, 0.6) is 0 Å². The highest BCUT2D eigenvalue weighted by molar-refractivity contribution is 5.93. The van der Waals surface area contributed by atoms with E-state index in [2.05, 4.69) is 0 Å². The lowest BCUT2D eigenvalue weighted by atomic mass is 10.1. The van der Waals surface area contributed by atoms with E-state index in [0.29, 0.717) is 0 Å². The second-order valence-electron chi connectivity index (χ2n) is 4.76. The highest BCUT2D eigenvalue weighted by Gasteiger charge is 2.09. The molecular weight excluding hydrogens is 264 g/mol. The van der Waals surface area contributed by atoms with Gasteiger partial charge in [0.1, 0.15) is 11.6 Å². The third-order valence-corrected chi connectivity index (χ3v) is 2.79. The van der Waals surface area contributed by atoms with Crippen molar-refractivity contribution in [1.29, 1.82) is 5.26 Å². The number of carbonyl (C=O) groups is 1. The Morgan fingerprint density at radius 1 is 1.33 bits per heavy atom. The lowest BCUT2D eigenvalue weighted by molar-refractivity contribution is -0.138. The fraction of sp³-hybridized carbons (Fsp3) is 0.294. The van der Waals surface area contributed by atoms with Crippen LogP contribution >= 0.6 is 0 Å². The van der Waals surface area contributed by atoms with Gasteiger partial charge in [0.2, 0.25) is 0 Å². The molecule has 110 valence electrons. The predicted octanol–water partition coefficient (Wildman–Crippen LogP) is 3.17. The van der Waals surface area contributed by atoms with Crippen LogP contribution in [0, 0.1) is 11.3 Å². The molecule has 0 aromatic heterocycles. The minimum Gasteiger partial charge on any atom is -0.462 e. The molecular formula is C17H20N2O2. The smallest absolute Gasteiger partial charge is 0.348 e. The molecule has 0 spiro atoms. The van der Waals surface area contributed by atoms with E-state index in [1.807, 2.05) is 62.3 Å². The van der Waals surface area contributed by atoms with Crippen LogP contribution < -0.4 is 4.90 Å². The summed E-state index contributed by atoms with van der Waals surface area (Å²) in [4.78, 5) is 13.6. The highest BCUT2D eigenvalue weighted by atomic mass is 16.5. The van der Waals surface area contributed by atoms with Crippen molar-refractivity contribution in [2.45, 2.75) is 13.8 Å². The summed E-state index contributed by atoms with van der Waals surface area (Å²) in [6.45, 7) is 3.81. The summed E-state index contributed by atoms with van der Waals surface area (Å²) in [5.41, 5.74) is 2.95. The minimum atomic E-state index is -0.587. The molecule has 0 fully saturated rings. The van der Waals surface area contributed by atoms with Gasteiger partial charge in [-0.2, -0.15) is 5.26 Å². The number of nitrogens with zero attached hydrogens (tertiary/aromatic N) is 2. The Bertz CT molecular complexity index is 590. The topological polar surface area (TPSA) is 53.3 Å². The van der Waals surface area contributed by atoms with Crippen LogP contribution in [0.15, 0.2) is 41.5 Å². The van der Waals surface area contributed by atoms with Gasteiger partial charge in [0, 0.05) is 19.8 Å². The van der Waals surface area contributed by atoms with Crippen molar-refractivity contribution in [1.82, 2.24) is 0 Å². The van der Waals surface area contributed by atoms with Crippen molar-refractivity contribution >= 4 is 17.7 Å². The van der Waals surface area contributed by atoms with Crippen molar-refractivity contribution in [3.8, 4) is 6.07 Å². The third kappa shape index (κ3) is 5.15. The van der Waals surface area contributed by atoms with Crippen LogP contribution in [0.1, 0.15) is 19.4 Å². The monoisotopic (exact) mass is 284 g/mol. The van der Waals surface area contributed by atoms with Gasteiger partial charge in [-0.05, 0) is 43.2 Å². The van der Waals surface area contributed by atoms with Crippen LogP contribution in [-0.2, 0) is 9.53 Å². The van der Waals surface area contributed by atoms with E-state index >= 15 is 0 Å². The Morgan fingerprint density at radius 2 is 1.95 bits per heavy atom. The number of benzene rings is 1. The Labute approximate surface area is 125 Å². The Morgan fingerprint density at radius 3 is 2.43 bits per heavy atom. The van der Waals surface area contributed by atoms with E-state index in [1.54, 1.807) is 6.92 Å². The van der Waals surface area contributed by atoms with Crippen LogP contribution in [0.3, 0.4) is 0 Å². The van der Waals surface area contributed by atoms with Crippen LogP contribution in [0.2, 0.25) is 0 Å². The number of hydrogen-bond donors (Lipinski definition) is 0. The van der Waals surface area contributed by atoms with Crippen molar-refractivity contribution in [2.24, 2.45) is 0 Å². The average Bonchev–Trinajstić information content (AvgIpc) is 2.45. The quantitative estimate of drug-likeness (QED) is 0.361. The largest absolute Gasteiger partial charge is 0.462 e. The van der Waals surface area contributed by atoms with Gasteiger partial charge in [-0.25, -0.2) is 4.79 Å². The summed E-state index contributed by atoms with van der Waals surface area (Å²) in [6, 6.07) is 9.87. The van der Waals surface area contributed by atoms with Crippen molar-refractivity contribution in [2.75, 3.05) is 25.6 Å². The zero-order chi connectivity index (χ0) is 15.8. The fourth-order valence-corrected chi connectivity index (χ4v) is 1.75. The normalized spacial score (nSPS) is 11.8. The molecule has 0 aliphatic carbocycles. The molecule has 0 unspecified atom stereocenters. The molecule has 0 radical (unpaired) electrons. The molecule has 21 heavy (non-hydrogen) atoms. The maximum Gasteiger partial charge on any atom is 0.348 e. The maximum absolute atomic E-state index is 11.5. The van der Waals surface area contributed by atoms with Crippen LogP contribution in [0.4, 0.5) is 5.69 Å². The maximum atomic E-state index is 11.5. The first kappa shape index (κ1) is 16.5. The molecule has 0 atom stereocenters. The fourth-order valence-electron chi connectivity index (χ4n) is 1.75. The predicted molar refractivity (Wildman–Crippen MR) is 84.7 cm³/mol. The summed E-state index contributed by atoms with van der Waals surface area (Å²) in [5, 5.41) is 8.98. The van der Waals surface area contributed by atoms with E-state index in [1.165, 1.54) is 6.08 Å². The number of allylic oxidation sites excluding steroid dienone is 2. The molecule has 0 aliphatic rings. The van der Waals surface area contributed by atoms with Gasteiger partial charge in [0.15, 0.2) is 0 Å². The Balaban J connectivity index is 2.93. The van der Waals surface area contributed by atoms with E-state index < -0.39 is 5.97 Å².